The first-order valence-corrected chi connectivity index (χ1v) is 9.70. The summed E-state index contributed by atoms with van der Waals surface area (Å²) in [6.45, 7) is 3.64. The standard InChI is InChI=1S/C22H21ClFNO4/c1-3-4-5-15(22(28)29)20-12(2)25(18-11-17(23)19(26)10-16(18)20)21(27)13-6-8-14(24)9-7-13/h6-11,15,26H,3-5H2,1-2H3,(H,28,29). The zero-order valence-electron chi connectivity index (χ0n) is 16.1. The predicted molar refractivity (Wildman–Crippen MR) is 109 cm³/mol. The van der Waals surface area contributed by atoms with Crippen LogP contribution in [0.1, 0.15) is 53.7 Å². The molecule has 29 heavy (non-hydrogen) atoms. The molecule has 2 N–H and O–H groups in total. The van der Waals surface area contributed by atoms with Crippen molar-refractivity contribution in [3.8, 4) is 5.75 Å². The number of unbranched alkanes of at least 4 members (excludes halogenated alkanes) is 1. The van der Waals surface area contributed by atoms with E-state index in [1.54, 1.807) is 6.92 Å². The Hall–Kier alpha value is -2.86. The highest BCUT2D eigenvalue weighted by molar-refractivity contribution is 6.33. The van der Waals surface area contributed by atoms with E-state index in [1.807, 2.05) is 6.92 Å². The van der Waals surface area contributed by atoms with Gasteiger partial charge in [-0.05, 0) is 55.3 Å². The van der Waals surface area contributed by atoms with E-state index < -0.39 is 23.6 Å². The van der Waals surface area contributed by atoms with E-state index in [0.717, 1.165) is 6.42 Å². The van der Waals surface area contributed by atoms with Gasteiger partial charge in [-0.3, -0.25) is 14.2 Å². The van der Waals surface area contributed by atoms with Crippen molar-refractivity contribution in [3.05, 3.63) is 64.1 Å². The lowest BCUT2D eigenvalue weighted by Crippen LogP contribution is -2.16. The van der Waals surface area contributed by atoms with Crippen LogP contribution in [0.3, 0.4) is 0 Å². The number of aromatic hydroxyl groups is 1. The Labute approximate surface area is 172 Å². The summed E-state index contributed by atoms with van der Waals surface area (Å²) >= 11 is 6.08. The molecule has 0 spiro atoms. The highest BCUT2D eigenvalue weighted by Gasteiger charge is 2.29. The number of carbonyl (C=O) groups excluding carboxylic acids is 1. The molecule has 3 rings (SSSR count). The van der Waals surface area contributed by atoms with E-state index in [4.69, 9.17) is 11.6 Å². The average Bonchev–Trinajstić information content (AvgIpc) is 2.94. The zero-order chi connectivity index (χ0) is 21.3. The Morgan fingerprint density at radius 3 is 2.45 bits per heavy atom. The second-order valence-electron chi connectivity index (χ2n) is 7.00. The van der Waals surface area contributed by atoms with Crippen molar-refractivity contribution < 1.29 is 24.2 Å². The van der Waals surface area contributed by atoms with Gasteiger partial charge in [0.1, 0.15) is 11.6 Å². The van der Waals surface area contributed by atoms with Crippen molar-refractivity contribution in [3.63, 3.8) is 0 Å². The van der Waals surface area contributed by atoms with E-state index >= 15 is 0 Å². The molecule has 3 aromatic rings. The lowest BCUT2D eigenvalue weighted by atomic mass is 9.91. The topological polar surface area (TPSA) is 79.5 Å². The summed E-state index contributed by atoms with van der Waals surface area (Å²) in [4.78, 5) is 25.2. The van der Waals surface area contributed by atoms with Gasteiger partial charge in [-0.15, -0.1) is 0 Å². The molecule has 0 aliphatic carbocycles. The fraction of sp³-hybridized carbons (Fsp3) is 0.273. The number of hydrogen-bond acceptors (Lipinski definition) is 3. The summed E-state index contributed by atoms with van der Waals surface area (Å²) in [6, 6.07) is 7.97. The molecule has 0 saturated heterocycles. The Morgan fingerprint density at radius 2 is 1.86 bits per heavy atom. The molecule has 1 aromatic heterocycles. The molecule has 152 valence electrons. The van der Waals surface area contributed by atoms with Crippen LogP contribution in [0.15, 0.2) is 36.4 Å². The summed E-state index contributed by atoms with van der Waals surface area (Å²) in [5, 5.41) is 20.5. The van der Waals surface area contributed by atoms with Gasteiger partial charge < -0.3 is 10.2 Å². The number of carbonyl (C=O) groups is 2. The number of phenolic OH excluding ortho intramolecular Hbond substituents is 1. The van der Waals surface area contributed by atoms with Crippen molar-refractivity contribution >= 4 is 34.4 Å². The summed E-state index contributed by atoms with van der Waals surface area (Å²) < 4.78 is 14.7. The summed E-state index contributed by atoms with van der Waals surface area (Å²) in [6.07, 6.45) is 1.93. The molecule has 5 nitrogen and oxygen atoms in total. The van der Waals surface area contributed by atoms with Gasteiger partial charge in [-0.2, -0.15) is 0 Å². The smallest absolute Gasteiger partial charge is 0.311 e. The first-order chi connectivity index (χ1) is 13.8. The fourth-order valence-corrected chi connectivity index (χ4v) is 3.83. The minimum atomic E-state index is -0.996. The molecule has 0 fully saturated rings. The maximum Gasteiger partial charge on any atom is 0.311 e. The molecule has 0 saturated carbocycles. The van der Waals surface area contributed by atoms with Crippen LogP contribution >= 0.6 is 11.6 Å². The number of phenols is 1. The second kappa shape index (κ2) is 8.25. The molecular weight excluding hydrogens is 397 g/mol. The summed E-state index contributed by atoms with van der Waals surface area (Å²) in [5.74, 6) is -2.91. The van der Waals surface area contributed by atoms with Gasteiger partial charge in [0.05, 0.1) is 16.5 Å². The average molecular weight is 418 g/mol. The minimum Gasteiger partial charge on any atom is -0.506 e. The zero-order valence-corrected chi connectivity index (χ0v) is 16.8. The first kappa shape index (κ1) is 20.9. The highest BCUT2D eigenvalue weighted by atomic mass is 35.5. The largest absolute Gasteiger partial charge is 0.506 e. The third kappa shape index (κ3) is 3.85. The van der Waals surface area contributed by atoms with Crippen LogP contribution in [0.2, 0.25) is 5.02 Å². The van der Waals surface area contributed by atoms with Crippen LogP contribution in [0.4, 0.5) is 4.39 Å². The third-order valence-corrected chi connectivity index (χ3v) is 5.41. The number of carboxylic acids is 1. The second-order valence-corrected chi connectivity index (χ2v) is 7.41. The van der Waals surface area contributed by atoms with E-state index in [9.17, 15) is 24.2 Å². The molecule has 2 aromatic carbocycles. The van der Waals surface area contributed by atoms with Crippen LogP contribution < -0.4 is 0 Å². The molecule has 0 radical (unpaired) electrons. The molecule has 1 heterocycles. The number of aliphatic carboxylic acids is 1. The molecule has 7 heteroatoms. The molecule has 1 atom stereocenters. The van der Waals surface area contributed by atoms with Gasteiger partial charge in [0.2, 0.25) is 0 Å². The minimum absolute atomic E-state index is 0.0511. The fourth-order valence-electron chi connectivity index (χ4n) is 3.67. The van der Waals surface area contributed by atoms with Crippen molar-refractivity contribution in [1.29, 1.82) is 0 Å². The number of benzene rings is 2. The number of halogens is 2. The van der Waals surface area contributed by atoms with Crippen LogP contribution in [0.5, 0.6) is 5.75 Å². The van der Waals surface area contributed by atoms with Gasteiger partial charge >= 0.3 is 5.97 Å². The molecule has 0 amide bonds. The molecule has 1 unspecified atom stereocenters. The van der Waals surface area contributed by atoms with E-state index in [1.165, 1.54) is 41.0 Å². The van der Waals surface area contributed by atoms with Crippen LogP contribution in [0.25, 0.3) is 10.9 Å². The number of aromatic nitrogens is 1. The third-order valence-electron chi connectivity index (χ3n) is 5.11. The summed E-state index contributed by atoms with van der Waals surface area (Å²) in [5.41, 5.74) is 1.59. The van der Waals surface area contributed by atoms with Crippen molar-refractivity contribution in [2.75, 3.05) is 0 Å². The number of fused-ring (bicyclic) bond motifs is 1. The number of carboxylic acid groups (broad SMARTS) is 1. The first-order valence-electron chi connectivity index (χ1n) is 9.32. The van der Waals surface area contributed by atoms with Gasteiger partial charge in [0.25, 0.3) is 5.91 Å². The van der Waals surface area contributed by atoms with Gasteiger partial charge in [-0.1, -0.05) is 31.4 Å². The summed E-state index contributed by atoms with van der Waals surface area (Å²) in [7, 11) is 0. The number of hydrogen-bond donors (Lipinski definition) is 2. The van der Waals surface area contributed by atoms with Crippen LogP contribution in [-0.4, -0.2) is 26.7 Å². The highest BCUT2D eigenvalue weighted by Crippen LogP contribution is 2.39. The van der Waals surface area contributed by atoms with Gasteiger partial charge in [0.15, 0.2) is 0 Å². The molecular formula is C22H21ClFNO4. The Bertz CT molecular complexity index is 1090. The molecule has 0 aliphatic rings. The van der Waals surface area contributed by atoms with Gasteiger partial charge in [0, 0.05) is 16.6 Å². The Balaban J connectivity index is 2.29. The van der Waals surface area contributed by atoms with E-state index in [2.05, 4.69) is 0 Å². The maximum atomic E-state index is 13.3. The Kier molecular flexibility index (Phi) is 5.94. The number of rotatable bonds is 6. The van der Waals surface area contributed by atoms with Crippen LogP contribution in [-0.2, 0) is 4.79 Å². The lowest BCUT2D eigenvalue weighted by molar-refractivity contribution is -0.139. The van der Waals surface area contributed by atoms with Crippen molar-refractivity contribution in [2.24, 2.45) is 0 Å². The van der Waals surface area contributed by atoms with Crippen molar-refractivity contribution in [2.45, 2.75) is 39.0 Å². The maximum absolute atomic E-state index is 13.3. The quantitative estimate of drug-likeness (QED) is 0.555. The SMILES string of the molecule is CCCCC(C(=O)O)c1c(C)n(C(=O)c2ccc(F)cc2)c2cc(Cl)c(O)cc12. The van der Waals surface area contributed by atoms with Gasteiger partial charge in [-0.25, -0.2) is 4.39 Å². The normalized spacial score (nSPS) is 12.3. The molecule has 0 aliphatic heterocycles. The molecule has 0 bridgehead atoms. The number of nitrogens with zero attached hydrogens (tertiary/aromatic N) is 1. The van der Waals surface area contributed by atoms with E-state index in [-0.39, 0.29) is 16.3 Å². The van der Waals surface area contributed by atoms with E-state index in [0.29, 0.717) is 35.0 Å². The monoisotopic (exact) mass is 417 g/mol. The lowest BCUT2D eigenvalue weighted by Gasteiger charge is -2.13. The predicted octanol–water partition coefficient (Wildman–Crippen LogP) is 5.49. The Morgan fingerprint density at radius 1 is 1.21 bits per heavy atom. The van der Waals surface area contributed by atoms with Crippen LogP contribution in [0, 0.1) is 12.7 Å². The van der Waals surface area contributed by atoms with Crippen molar-refractivity contribution in [1.82, 2.24) is 4.57 Å².